The molecule has 10 aromatic carbocycles. The number of aliphatic hydroxyl groups excluding tert-OH is 5. The molecule has 0 bridgehead atoms. The van der Waals surface area contributed by atoms with Gasteiger partial charge >= 0.3 is 6.18 Å². The molecule has 10 amide bonds. The van der Waals surface area contributed by atoms with Gasteiger partial charge in [0.15, 0.2) is 11.6 Å². The fraction of sp³-hybridized carbons (Fsp3) is 0.245. The first-order chi connectivity index (χ1) is 70.6. The maximum Gasteiger partial charge on any atom is 0.418 e. The number of halogens is 10. The molecule has 20 N–H and O–H groups in total. The van der Waals surface area contributed by atoms with Crippen molar-refractivity contribution in [2.75, 3.05) is 38.5 Å². The third-order valence-corrected chi connectivity index (χ3v) is 26.8. The highest BCUT2D eigenvalue weighted by Gasteiger charge is 2.41. The zero-order chi connectivity index (χ0) is 104. The molecule has 147 heavy (non-hydrogen) atoms. The highest BCUT2D eigenvalue weighted by atomic mass is 35.5. The molecule has 0 unspecified atom stereocenters. The summed E-state index contributed by atoms with van der Waals surface area (Å²) in [6.07, 6.45) is -10.7. The van der Waals surface area contributed by atoms with Crippen LogP contribution in [-0.2, 0) is 79.8 Å². The number of aromatic nitrogens is 5. The van der Waals surface area contributed by atoms with Crippen LogP contribution in [0.5, 0.6) is 0 Å². The van der Waals surface area contributed by atoms with Gasteiger partial charge in [0.25, 0.3) is 6.43 Å². The van der Waals surface area contributed by atoms with Gasteiger partial charge < -0.3 is 104 Å². The third kappa shape index (κ3) is 24.6. The molecule has 10 atom stereocenters. The van der Waals surface area contributed by atoms with Crippen LogP contribution >= 0.6 is 23.4 Å². The Morgan fingerprint density at radius 3 is 1.05 bits per heavy atom. The minimum Gasteiger partial charge on any atom is -0.389 e. The summed E-state index contributed by atoms with van der Waals surface area (Å²) >= 11 is 7.33. The lowest BCUT2D eigenvalue weighted by Crippen LogP contribution is -2.46. The molecule has 5 fully saturated rings. The Morgan fingerprint density at radius 1 is 0.347 bits per heavy atom. The minimum atomic E-state index is -4.78. The first kappa shape index (κ1) is 104. The Labute approximate surface area is 840 Å². The summed E-state index contributed by atoms with van der Waals surface area (Å²) in [4.78, 5) is 137. The molecule has 0 spiro atoms. The Balaban J connectivity index is 0.000000131. The van der Waals surface area contributed by atoms with Crippen LogP contribution in [0.3, 0.4) is 0 Å². The summed E-state index contributed by atoms with van der Waals surface area (Å²) in [5, 5.41) is 78.6. The molecule has 5 aliphatic heterocycles. The minimum absolute atomic E-state index is 0.0127. The van der Waals surface area contributed by atoms with Crippen molar-refractivity contribution in [2.24, 2.45) is 0 Å². The number of amides is 10. The highest BCUT2D eigenvalue weighted by Crippen LogP contribution is 2.43. The number of aryl methyl sites for hydroxylation is 4. The molecule has 30 nitrogen and oxygen atoms in total. The Kier molecular flexibility index (Phi) is 32.8. The van der Waals surface area contributed by atoms with Crippen LogP contribution < -0.4 is 53.2 Å². The van der Waals surface area contributed by atoms with E-state index in [-0.39, 0.29) is 128 Å². The van der Waals surface area contributed by atoms with Crippen molar-refractivity contribution >= 4 is 137 Å². The predicted octanol–water partition coefficient (Wildman–Crippen LogP) is 12.0. The number of carbonyl (C=O) groups is 10. The number of aromatic amines is 5. The van der Waals surface area contributed by atoms with Crippen LogP contribution in [0, 0.1) is 23.3 Å². The van der Waals surface area contributed by atoms with Crippen molar-refractivity contribution in [1.82, 2.24) is 78.1 Å². The average molecular weight is 2060 g/mol. The van der Waals surface area contributed by atoms with E-state index in [4.69, 9.17) is 11.6 Å². The summed E-state index contributed by atoms with van der Waals surface area (Å²) in [6.45, 7) is 0.530. The van der Waals surface area contributed by atoms with Crippen LogP contribution in [-0.4, -0.2) is 209 Å². The zero-order valence-corrected chi connectivity index (χ0v) is 79.3. The molecule has 5 aromatic heterocycles. The second-order valence-electron chi connectivity index (χ2n) is 35.3. The van der Waals surface area contributed by atoms with Gasteiger partial charge in [-0.25, -0.2) is 26.3 Å². The summed E-state index contributed by atoms with van der Waals surface area (Å²) in [6, 6.07) is 59.3. The van der Waals surface area contributed by atoms with E-state index in [1.807, 2.05) is 121 Å². The van der Waals surface area contributed by atoms with E-state index in [1.165, 1.54) is 42.1 Å². The maximum atomic E-state index is 14.1. The molecule has 0 saturated carbocycles. The number of H-pyrrole nitrogens is 5. The molecule has 5 saturated heterocycles. The molecule has 41 heteroatoms. The monoisotopic (exact) mass is 2060 g/mol. The molecular weight excluding hydrogens is 1960 g/mol. The number of thioether (sulfide) groups is 1. The van der Waals surface area contributed by atoms with Gasteiger partial charge in [0.2, 0.25) is 59.1 Å². The van der Waals surface area contributed by atoms with Crippen molar-refractivity contribution in [3.63, 3.8) is 0 Å². The van der Waals surface area contributed by atoms with Gasteiger partial charge in [0.05, 0.1) is 22.5 Å². The van der Waals surface area contributed by atoms with Crippen molar-refractivity contribution in [3.05, 3.63) is 292 Å². The molecule has 15 aromatic rings. The lowest BCUT2D eigenvalue weighted by Gasteiger charge is -2.14. The van der Waals surface area contributed by atoms with E-state index in [0.717, 1.165) is 117 Å². The van der Waals surface area contributed by atoms with Crippen LogP contribution in [0.1, 0.15) is 65.5 Å². The topological polar surface area (TPSA) is 471 Å². The number of β-amino-alcohol motifs (C(OH)–C–C–N with tert-alkyl or cyclic N) is 5. The highest BCUT2D eigenvalue weighted by molar-refractivity contribution is 8.00. The van der Waals surface area contributed by atoms with E-state index < -0.39 is 120 Å². The standard InChI is InChI=1S/C22H19F4N3O3.C22H21F2N3O3.C21H20ClN3O3.C21H19F2N3O3.C20H18FN3O3S/c23-12-8-14-13(6-7-17(31)28-20-16(30)10-27-21(20)32)18(11-4-2-1-3-5-11)29-19(14)15(9-12)22(24,25)26;23-21(24)13-7-5-12(6-8-13)19-15(14-3-1-2-4-16(14)26-19)9-10-18(29)27-20-17(28)11-25-22(20)30;22-13-7-5-12(6-8-13)19-15(14-3-1-2-4-16(14)24-19)9-10-18(27)25-20-17(26)11-23-21(20)28;22-14-7-5-11(9-15(14)23)19-13(12-3-1-2-4-16(12)25-19)6-8-18(28)26-20-17(27)10-24-21(20)29;21-12-7-5-11(6-8-12)17-19(13-3-1-2-4-14(13)23-17)28-10-16(26)24-18-15(25)9-22-20(18)27/h1-5,8-9,16,20,29-30H,6-7,10H2,(H,27,32)(H,28,31);1-8,17,20-21,26,28H,9-11H2,(H,25,30)(H,27,29);1-8,17,20,24,26H,9-11H2,(H,23,28)(H,25,27);1-5,7,9,17,20,25,27H,6,8,10H2,(H,24,29)(H,26,28);1-8,15,18,23,25H,9-10H2,(H,22,27)(H,24,26)/t16-,20+;3*17-,20+;15-,18+/m11111/s1. The second kappa shape index (κ2) is 46.2. The molecule has 762 valence electrons. The SMILES string of the molecule is O=C(CCc1c(-c2ccc(C(F)F)cc2)[nH]c2ccccc12)N[C@@H]1C(=O)NC[C@H]1O.O=C(CCc1c(-c2ccc(Cl)cc2)[nH]c2ccccc12)N[C@@H]1C(=O)NC[C@H]1O.O=C(CCc1c(-c2ccc(F)c(F)c2)[nH]c2ccccc12)N[C@@H]1C(=O)NC[C@H]1O.O=C(CCc1c(-c2ccccc2)[nH]c2c(C(F)(F)F)cc(F)cc12)N[C@@H]1C(=O)NC[C@H]1O.O=C(CSc1c(-c2ccc(F)cc2)[nH]c2ccccc12)N[C@@H]1C(=O)NC[C@H]1O. The van der Waals surface area contributed by atoms with Crippen LogP contribution in [0.25, 0.3) is 111 Å². The number of carbonyl (C=O) groups excluding carboxylic acids is 10. The van der Waals surface area contributed by atoms with Crippen LogP contribution in [0.2, 0.25) is 5.02 Å². The third-order valence-electron chi connectivity index (χ3n) is 25.5. The van der Waals surface area contributed by atoms with E-state index in [9.17, 15) is 113 Å². The van der Waals surface area contributed by atoms with Gasteiger partial charge in [-0.1, -0.05) is 151 Å². The van der Waals surface area contributed by atoms with Gasteiger partial charge in [-0.2, -0.15) is 13.2 Å². The lowest BCUT2D eigenvalue weighted by molar-refractivity contribution is -0.136. The second-order valence-corrected chi connectivity index (χ2v) is 36.7. The quantitative estimate of drug-likeness (QED) is 0.0177. The van der Waals surface area contributed by atoms with Crippen molar-refractivity contribution in [3.8, 4) is 56.3 Å². The van der Waals surface area contributed by atoms with Gasteiger partial charge in [-0.15, -0.1) is 11.8 Å². The predicted molar refractivity (Wildman–Crippen MR) is 532 cm³/mol. The van der Waals surface area contributed by atoms with Crippen LogP contribution in [0.15, 0.2) is 235 Å². The fourth-order valence-electron chi connectivity index (χ4n) is 18.1. The number of hydrogen-bond donors (Lipinski definition) is 20. The maximum absolute atomic E-state index is 14.1. The van der Waals surface area contributed by atoms with Gasteiger partial charge in [0, 0.05) is 151 Å². The largest absolute Gasteiger partial charge is 0.418 e. The number of nitrogens with one attached hydrogen (secondary N) is 15. The smallest absolute Gasteiger partial charge is 0.389 e. The summed E-state index contributed by atoms with van der Waals surface area (Å²) < 4.78 is 121. The summed E-state index contributed by atoms with van der Waals surface area (Å²) in [5.41, 5.74) is 12.3. The number of aliphatic hydroxyl groups is 5. The first-order valence-electron chi connectivity index (χ1n) is 46.7. The van der Waals surface area contributed by atoms with E-state index >= 15 is 0 Å². The zero-order valence-electron chi connectivity index (χ0n) is 77.7. The molecule has 10 heterocycles. The molecule has 20 rings (SSSR count). The van der Waals surface area contributed by atoms with Gasteiger partial charge in [0.1, 0.15) is 72.4 Å². The Bertz CT molecular complexity index is 7270. The number of para-hydroxylation sites is 4. The van der Waals surface area contributed by atoms with Crippen molar-refractivity contribution in [1.29, 1.82) is 0 Å². The van der Waals surface area contributed by atoms with E-state index in [1.54, 1.807) is 54.6 Å². The van der Waals surface area contributed by atoms with E-state index in [0.29, 0.717) is 58.4 Å². The average Bonchev–Trinajstić information content (AvgIpc) is 1.60. The van der Waals surface area contributed by atoms with Crippen LogP contribution in [0.4, 0.5) is 39.5 Å². The number of rotatable bonds is 26. The summed E-state index contributed by atoms with van der Waals surface area (Å²) in [7, 11) is 0. The Morgan fingerprint density at radius 2 is 0.667 bits per heavy atom. The van der Waals surface area contributed by atoms with Crippen molar-refractivity contribution in [2.45, 2.75) is 130 Å². The number of benzene rings is 10. The molecule has 5 aliphatic rings. The Hall–Kier alpha value is -15.6. The normalized spacial score (nSPS) is 18.8. The fourth-order valence-corrected chi connectivity index (χ4v) is 19.2. The van der Waals surface area contributed by atoms with Gasteiger partial charge in [-0.3, -0.25) is 47.9 Å². The lowest BCUT2D eigenvalue weighted by atomic mass is 9.99. The molecule has 0 aliphatic carbocycles. The first-order valence-corrected chi connectivity index (χ1v) is 48.0. The summed E-state index contributed by atoms with van der Waals surface area (Å²) in [5.74, 6) is -7.14. The van der Waals surface area contributed by atoms with Crippen molar-refractivity contribution < 1.29 is 113 Å². The van der Waals surface area contributed by atoms with E-state index in [2.05, 4.69) is 78.1 Å². The van der Waals surface area contributed by atoms with Gasteiger partial charge in [-0.05, 0) is 161 Å². The number of alkyl halides is 5. The molecule has 0 radical (unpaired) electrons. The number of hydrogen-bond acceptors (Lipinski definition) is 16. The molecular formula is C106H97ClF9N15O15S. The number of fused-ring (bicyclic) bond motifs is 5.